The SMILES string of the molecule is O=C(NCC12CCC(F)(CC1)CC2)C(F)(F)F. The molecule has 0 heterocycles. The lowest BCUT2D eigenvalue weighted by atomic mass is 9.59. The minimum atomic E-state index is -4.83. The highest BCUT2D eigenvalue weighted by Crippen LogP contribution is 2.53. The van der Waals surface area contributed by atoms with E-state index in [-0.39, 0.29) is 12.0 Å². The Kier molecular flexibility index (Phi) is 2.86. The molecule has 0 aliphatic heterocycles. The predicted molar refractivity (Wildman–Crippen MR) is 53.0 cm³/mol. The first-order valence-electron chi connectivity index (χ1n) is 5.79. The lowest BCUT2D eigenvalue weighted by Gasteiger charge is -2.49. The van der Waals surface area contributed by atoms with E-state index in [0.717, 1.165) is 0 Å². The molecule has 3 aliphatic rings. The molecule has 17 heavy (non-hydrogen) atoms. The predicted octanol–water partition coefficient (Wildman–Crippen LogP) is 2.73. The van der Waals surface area contributed by atoms with Gasteiger partial charge >= 0.3 is 12.1 Å². The number of carbonyl (C=O) groups excluding carboxylic acids is 1. The van der Waals surface area contributed by atoms with Crippen LogP contribution in [0, 0.1) is 5.41 Å². The molecule has 0 spiro atoms. The Morgan fingerprint density at radius 1 is 1.06 bits per heavy atom. The summed E-state index contributed by atoms with van der Waals surface area (Å²) in [7, 11) is 0. The molecule has 0 atom stereocenters. The molecule has 6 heteroatoms. The average Bonchev–Trinajstić information content (AvgIpc) is 2.27. The number of fused-ring (bicyclic) bond motifs is 3. The molecule has 0 saturated heterocycles. The highest BCUT2D eigenvalue weighted by Gasteiger charge is 2.49. The first kappa shape index (κ1) is 12.6. The second-order valence-electron chi connectivity index (χ2n) is 5.33. The van der Waals surface area contributed by atoms with Crippen LogP contribution in [0.3, 0.4) is 0 Å². The summed E-state index contributed by atoms with van der Waals surface area (Å²) in [5.74, 6) is -1.89. The standard InChI is InChI=1S/C11H15F4NO/c12-10-4-1-9(2-5-10,3-6-10)7-16-8(17)11(13,14)15/h1-7H2,(H,16,17). The summed E-state index contributed by atoms with van der Waals surface area (Å²) in [5.41, 5.74) is -1.41. The van der Waals surface area contributed by atoms with Gasteiger partial charge in [0.15, 0.2) is 0 Å². The Hall–Kier alpha value is -0.810. The van der Waals surface area contributed by atoms with E-state index >= 15 is 0 Å². The third-order valence-corrected chi connectivity index (χ3v) is 4.19. The van der Waals surface area contributed by atoms with Crippen molar-refractivity contribution in [3.63, 3.8) is 0 Å². The minimum Gasteiger partial charge on any atom is -0.348 e. The number of nitrogens with one attached hydrogen (secondary N) is 1. The van der Waals surface area contributed by atoms with Gasteiger partial charge in [0.2, 0.25) is 0 Å². The topological polar surface area (TPSA) is 29.1 Å². The Bertz CT molecular complexity index is 301. The smallest absolute Gasteiger partial charge is 0.348 e. The number of carbonyl (C=O) groups is 1. The number of hydrogen-bond donors (Lipinski definition) is 1. The van der Waals surface area contributed by atoms with Gasteiger partial charge in [-0.25, -0.2) is 4.39 Å². The fourth-order valence-electron chi connectivity index (χ4n) is 2.85. The molecular weight excluding hydrogens is 238 g/mol. The van der Waals surface area contributed by atoms with Crippen molar-refractivity contribution in [2.75, 3.05) is 6.54 Å². The monoisotopic (exact) mass is 253 g/mol. The van der Waals surface area contributed by atoms with Crippen molar-refractivity contribution in [3.05, 3.63) is 0 Å². The molecule has 1 amide bonds. The van der Waals surface area contributed by atoms with Crippen molar-refractivity contribution in [1.82, 2.24) is 5.32 Å². The molecule has 0 radical (unpaired) electrons. The molecule has 3 rings (SSSR count). The number of halogens is 4. The van der Waals surface area contributed by atoms with Crippen LogP contribution in [0.4, 0.5) is 17.6 Å². The van der Waals surface area contributed by atoms with Crippen LogP contribution in [0.15, 0.2) is 0 Å². The van der Waals surface area contributed by atoms with Crippen LogP contribution in [-0.4, -0.2) is 24.3 Å². The quantitative estimate of drug-likeness (QED) is 0.753. The van der Waals surface area contributed by atoms with Crippen molar-refractivity contribution in [2.45, 2.75) is 50.4 Å². The zero-order chi connectivity index (χ0) is 12.7. The zero-order valence-electron chi connectivity index (χ0n) is 9.37. The molecule has 3 aliphatic carbocycles. The second-order valence-corrected chi connectivity index (χ2v) is 5.33. The van der Waals surface area contributed by atoms with Crippen LogP contribution in [0.5, 0.6) is 0 Å². The van der Waals surface area contributed by atoms with Gasteiger partial charge in [-0.15, -0.1) is 0 Å². The maximum atomic E-state index is 13.8. The van der Waals surface area contributed by atoms with Crippen molar-refractivity contribution < 1.29 is 22.4 Å². The lowest BCUT2D eigenvalue weighted by Crippen LogP contribution is -2.50. The molecule has 0 aromatic rings. The zero-order valence-corrected chi connectivity index (χ0v) is 9.37. The van der Waals surface area contributed by atoms with E-state index < -0.39 is 17.8 Å². The first-order chi connectivity index (χ1) is 7.75. The number of amides is 1. The van der Waals surface area contributed by atoms with E-state index in [1.807, 2.05) is 5.32 Å². The Balaban J connectivity index is 1.90. The summed E-state index contributed by atoms with van der Waals surface area (Å²) in [4.78, 5) is 10.7. The fraction of sp³-hybridized carbons (Fsp3) is 0.909. The molecule has 2 nitrogen and oxygen atoms in total. The number of hydrogen-bond acceptors (Lipinski definition) is 1. The van der Waals surface area contributed by atoms with Crippen LogP contribution >= 0.6 is 0 Å². The van der Waals surface area contributed by atoms with Gasteiger partial charge in [0.1, 0.15) is 5.67 Å². The van der Waals surface area contributed by atoms with Gasteiger partial charge in [-0.1, -0.05) is 0 Å². The fourth-order valence-corrected chi connectivity index (χ4v) is 2.85. The summed E-state index contributed by atoms with van der Waals surface area (Å²) in [6.07, 6.45) is -1.88. The summed E-state index contributed by atoms with van der Waals surface area (Å²) in [6, 6.07) is 0. The third-order valence-electron chi connectivity index (χ3n) is 4.19. The van der Waals surface area contributed by atoms with Crippen molar-refractivity contribution in [2.24, 2.45) is 5.41 Å². The van der Waals surface area contributed by atoms with Gasteiger partial charge < -0.3 is 5.32 Å². The van der Waals surface area contributed by atoms with Crippen molar-refractivity contribution >= 4 is 5.91 Å². The first-order valence-corrected chi connectivity index (χ1v) is 5.79. The van der Waals surface area contributed by atoms with E-state index in [1.54, 1.807) is 0 Å². The summed E-state index contributed by atoms with van der Waals surface area (Å²) < 4.78 is 49.9. The Morgan fingerprint density at radius 2 is 1.53 bits per heavy atom. The molecule has 1 N–H and O–H groups in total. The number of alkyl halides is 4. The van der Waals surface area contributed by atoms with Crippen molar-refractivity contribution in [3.8, 4) is 0 Å². The van der Waals surface area contributed by atoms with E-state index in [4.69, 9.17) is 0 Å². The maximum Gasteiger partial charge on any atom is 0.471 e. The molecule has 0 aromatic carbocycles. The normalized spacial score (nSPS) is 36.9. The highest BCUT2D eigenvalue weighted by atomic mass is 19.4. The van der Waals surface area contributed by atoms with Crippen LogP contribution < -0.4 is 5.32 Å². The molecule has 3 saturated carbocycles. The third kappa shape index (κ3) is 2.55. The lowest BCUT2D eigenvalue weighted by molar-refractivity contribution is -0.174. The van der Waals surface area contributed by atoms with Gasteiger partial charge in [0.25, 0.3) is 0 Å². The Morgan fingerprint density at radius 3 is 1.94 bits per heavy atom. The molecule has 0 aromatic heterocycles. The van der Waals surface area contributed by atoms with E-state index in [1.165, 1.54) is 0 Å². The van der Waals surface area contributed by atoms with Crippen LogP contribution in [0.25, 0.3) is 0 Å². The van der Waals surface area contributed by atoms with Crippen LogP contribution in [0.2, 0.25) is 0 Å². The van der Waals surface area contributed by atoms with Crippen LogP contribution in [-0.2, 0) is 4.79 Å². The number of rotatable bonds is 2. The van der Waals surface area contributed by atoms with Crippen LogP contribution in [0.1, 0.15) is 38.5 Å². The second kappa shape index (κ2) is 3.85. The molecule has 0 unspecified atom stereocenters. The highest BCUT2D eigenvalue weighted by molar-refractivity contribution is 5.81. The molecule has 98 valence electrons. The van der Waals surface area contributed by atoms with Gasteiger partial charge in [0.05, 0.1) is 0 Å². The van der Waals surface area contributed by atoms with E-state index in [0.29, 0.717) is 38.5 Å². The Labute approximate surface area is 96.8 Å². The molecule has 3 fully saturated rings. The van der Waals surface area contributed by atoms with Gasteiger partial charge in [0, 0.05) is 6.54 Å². The summed E-state index contributed by atoms with van der Waals surface area (Å²) >= 11 is 0. The minimum absolute atomic E-state index is 0.0153. The van der Waals surface area contributed by atoms with Gasteiger partial charge in [-0.3, -0.25) is 4.79 Å². The van der Waals surface area contributed by atoms with Gasteiger partial charge in [-0.2, -0.15) is 13.2 Å². The van der Waals surface area contributed by atoms with E-state index in [9.17, 15) is 22.4 Å². The summed E-state index contributed by atoms with van der Waals surface area (Å²) in [6.45, 7) is 0.0153. The maximum absolute atomic E-state index is 13.8. The molecular formula is C11H15F4NO. The largest absolute Gasteiger partial charge is 0.471 e. The van der Waals surface area contributed by atoms with E-state index in [2.05, 4.69) is 0 Å². The summed E-state index contributed by atoms with van der Waals surface area (Å²) in [5, 5.41) is 1.93. The molecule has 2 bridgehead atoms. The average molecular weight is 253 g/mol. The van der Waals surface area contributed by atoms with Gasteiger partial charge in [-0.05, 0) is 43.9 Å². The van der Waals surface area contributed by atoms with Crippen molar-refractivity contribution in [1.29, 1.82) is 0 Å².